The van der Waals surface area contributed by atoms with Crippen LogP contribution in [0.25, 0.3) is 0 Å². The van der Waals surface area contributed by atoms with Gasteiger partial charge in [-0.15, -0.1) is 12.4 Å². The molecule has 1 saturated heterocycles. The van der Waals surface area contributed by atoms with Crippen LogP contribution in [0.15, 0.2) is 24.3 Å². The summed E-state index contributed by atoms with van der Waals surface area (Å²) >= 11 is 0. The van der Waals surface area contributed by atoms with E-state index in [0.29, 0.717) is 24.6 Å². The summed E-state index contributed by atoms with van der Waals surface area (Å²) in [5, 5.41) is 0. The zero-order valence-electron chi connectivity index (χ0n) is 13.5. The molecule has 1 aromatic rings. The SMILES string of the molecule is CC(C)CCOc1ccc(C(=O)N2CCCC(N)C2)cc1.Cl. The topological polar surface area (TPSA) is 55.6 Å². The summed E-state index contributed by atoms with van der Waals surface area (Å²) in [7, 11) is 0. The number of hydrogen-bond acceptors (Lipinski definition) is 3. The quantitative estimate of drug-likeness (QED) is 0.904. The highest BCUT2D eigenvalue weighted by Gasteiger charge is 2.22. The maximum Gasteiger partial charge on any atom is 0.253 e. The van der Waals surface area contributed by atoms with Crippen LogP contribution >= 0.6 is 12.4 Å². The van der Waals surface area contributed by atoms with Crippen molar-refractivity contribution in [2.75, 3.05) is 19.7 Å². The van der Waals surface area contributed by atoms with Crippen molar-refractivity contribution in [2.24, 2.45) is 11.7 Å². The number of amides is 1. The second-order valence-electron chi connectivity index (χ2n) is 6.21. The molecule has 1 amide bonds. The van der Waals surface area contributed by atoms with Crippen molar-refractivity contribution in [3.8, 4) is 5.75 Å². The Morgan fingerprint density at radius 2 is 2.05 bits per heavy atom. The number of piperidine rings is 1. The van der Waals surface area contributed by atoms with Crippen LogP contribution in [0.2, 0.25) is 0 Å². The molecule has 1 unspecified atom stereocenters. The first-order chi connectivity index (χ1) is 10.1. The molecule has 22 heavy (non-hydrogen) atoms. The summed E-state index contributed by atoms with van der Waals surface area (Å²) in [4.78, 5) is 14.2. The van der Waals surface area contributed by atoms with Crippen molar-refractivity contribution >= 4 is 18.3 Å². The van der Waals surface area contributed by atoms with Gasteiger partial charge < -0.3 is 15.4 Å². The van der Waals surface area contributed by atoms with Gasteiger partial charge in [0.05, 0.1) is 6.61 Å². The third kappa shape index (κ3) is 5.50. The lowest BCUT2D eigenvalue weighted by atomic mass is 10.1. The van der Waals surface area contributed by atoms with Crippen LogP contribution in [-0.4, -0.2) is 36.5 Å². The van der Waals surface area contributed by atoms with E-state index in [1.54, 1.807) is 0 Å². The third-order valence-electron chi connectivity index (χ3n) is 3.81. The number of hydrogen-bond donors (Lipinski definition) is 1. The summed E-state index contributed by atoms with van der Waals surface area (Å²) < 4.78 is 5.67. The lowest BCUT2D eigenvalue weighted by molar-refractivity contribution is 0.0709. The molecule has 2 N–H and O–H groups in total. The number of carbonyl (C=O) groups excluding carboxylic acids is 1. The fourth-order valence-electron chi connectivity index (χ4n) is 2.48. The molecule has 1 aromatic carbocycles. The molecule has 1 heterocycles. The number of likely N-dealkylation sites (tertiary alicyclic amines) is 1. The van der Waals surface area contributed by atoms with Crippen LogP contribution in [0.4, 0.5) is 0 Å². The normalized spacial score (nSPS) is 18.0. The zero-order valence-corrected chi connectivity index (χ0v) is 14.3. The van der Waals surface area contributed by atoms with E-state index in [2.05, 4.69) is 13.8 Å². The molecular formula is C17H27ClN2O2. The van der Waals surface area contributed by atoms with Gasteiger partial charge in [0.25, 0.3) is 5.91 Å². The molecule has 124 valence electrons. The maximum atomic E-state index is 12.4. The van der Waals surface area contributed by atoms with Crippen molar-refractivity contribution < 1.29 is 9.53 Å². The Bertz CT molecular complexity index is 462. The van der Waals surface area contributed by atoms with E-state index < -0.39 is 0 Å². The lowest BCUT2D eigenvalue weighted by Gasteiger charge is -2.30. The Balaban J connectivity index is 0.00000242. The van der Waals surface area contributed by atoms with Gasteiger partial charge in [-0.05, 0) is 49.4 Å². The first-order valence-corrected chi connectivity index (χ1v) is 7.84. The largest absolute Gasteiger partial charge is 0.494 e. The molecule has 0 bridgehead atoms. The minimum absolute atomic E-state index is 0. The Kier molecular flexibility index (Phi) is 7.69. The highest BCUT2D eigenvalue weighted by molar-refractivity contribution is 5.94. The van der Waals surface area contributed by atoms with Crippen molar-refractivity contribution in [3.05, 3.63) is 29.8 Å². The van der Waals surface area contributed by atoms with E-state index in [-0.39, 0.29) is 24.4 Å². The van der Waals surface area contributed by atoms with E-state index in [1.807, 2.05) is 29.2 Å². The maximum absolute atomic E-state index is 12.4. The number of benzene rings is 1. The van der Waals surface area contributed by atoms with Gasteiger partial charge in [0, 0.05) is 24.7 Å². The summed E-state index contributed by atoms with van der Waals surface area (Å²) in [6.45, 7) is 6.53. The van der Waals surface area contributed by atoms with Crippen molar-refractivity contribution in [2.45, 2.75) is 39.2 Å². The molecule has 0 saturated carbocycles. The molecule has 1 fully saturated rings. The fourth-order valence-corrected chi connectivity index (χ4v) is 2.48. The first-order valence-electron chi connectivity index (χ1n) is 7.84. The number of ether oxygens (including phenoxy) is 1. The predicted octanol–water partition coefficient (Wildman–Crippen LogP) is 3.10. The van der Waals surface area contributed by atoms with Gasteiger partial charge in [-0.25, -0.2) is 0 Å². The molecule has 1 atom stereocenters. The molecule has 0 radical (unpaired) electrons. The second-order valence-corrected chi connectivity index (χ2v) is 6.21. The van der Waals surface area contributed by atoms with Crippen LogP contribution in [0, 0.1) is 5.92 Å². The van der Waals surface area contributed by atoms with E-state index in [0.717, 1.165) is 31.6 Å². The van der Waals surface area contributed by atoms with Crippen molar-refractivity contribution in [3.63, 3.8) is 0 Å². The monoisotopic (exact) mass is 326 g/mol. The van der Waals surface area contributed by atoms with Gasteiger partial charge in [0.2, 0.25) is 0 Å². The Morgan fingerprint density at radius 1 is 1.36 bits per heavy atom. The van der Waals surface area contributed by atoms with Gasteiger partial charge in [-0.1, -0.05) is 13.8 Å². The molecule has 4 nitrogen and oxygen atoms in total. The molecule has 0 spiro atoms. The van der Waals surface area contributed by atoms with E-state index >= 15 is 0 Å². The first kappa shape index (κ1) is 18.8. The predicted molar refractivity (Wildman–Crippen MR) is 91.8 cm³/mol. The molecule has 0 aliphatic carbocycles. The number of nitrogens with two attached hydrogens (primary N) is 1. The van der Waals surface area contributed by atoms with Crippen molar-refractivity contribution in [1.29, 1.82) is 0 Å². The number of nitrogens with zero attached hydrogens (tertiary/aromatic N) is 1. The summed E-state index contributed by atoms with van der Waals surface area (Å²) in [6, 6.07) is 7.54. The molecule has 5 heteroatoms. The van der Waals surface area contributed by atoms with E-state index in [9.17, 15) is 4.79 Å². The zero-order chi connectivity index (χ0) is 15.2. The number of carbonyl (C=O) groups is 1. The van der Waals surface area contributed by atoms with Crippen LogP contribution in [0.3, 0.4) is 0 Å². The number of rotatable bonds is 5. The number of halogens is 1. The van der Waals surface area contributed by atoms with Crippen LogP contribution in [0.1, 0.15) is 43.5 Å². The molecule has 0 aromatic heterocycles. The smallest absolute Gasteiger partial charge is 0.253 e. The van der Waals surface area contributed by atoms with Gasteiger partial charge in [0.15, 0.2) is 0 Å². The minimum atomic E-state index is 0. The third-order valence-corrected chi connectivity index (χ3v) is 3.81. The van der Waals surface area contributed by atoms with Gasteiger partial charge in [-0.3, -0.25) is 4.79 Å². The highest BCUT2D eigenvalue weighted by atomic mass is 35.5. The Morgan fingerprint density at radius 3 is 2.64 bits per heavy atom. The Labute approximate surface area is 139 Å². The molecule has 1 aliphatic heterocycles. The highest BCUT2D eigenvalue weighted by Crippen LogP contribution is 2.17. The summed E-state index contributed by atoms with van der Waals surface area (Å²) in [5.74, 6) is 1.52. The van der Waals surface area contributed by atoms with E-state index in [1.165, 1.54) is 0 Å². The van der Waals surface area contributed by atoms with Gasteiger partial charge >= 0.3 is 0 Å². The van der Waals surface area contributed by atoms with Crippen LogP contribution < -0.4 is 10.5 Å². The molecule has 2 rings (SSSR count). The fraction of sp³-hybridized carbons (Fsp3) is 0.588. The lowest BCUT2D eigenvalue weighted by Crippen LogP contribution is -2.45. The molecular weight excluding hydrogens is 300 g/mol. The standard InChI is InChI=1S/C17H26N2O2.ClH/c1-13(2)9-11-21-16-7-5-14(6-8-16)17(20)19-10-3-4-15(18)12-19;/h5-8,13,15H,3-4,9-12,18H2,1-2H3;1H. The minimum Gasteiger partial charge on any atom is -0.494 e. The summed E-state index contributed by atoms with van der Waals surface area (Å²) in [5.41, 5.74) is 6.64. The van der Waals surface area contributed by atoms with Gasteiger partial charge in [-0.2, -0.15) is 0 Å². The summed E-state index contributed by atoms with van der Waals surface area (Å²) in [6.07, 6.45) is 3.03. The van der Waals surface area contributed by atoms with Crippen molar-refractivity contribution in [1.82, 2.24) is 4.90 Å². The Hall–Kier alpha value is -1.26. The van der Waals surface area contributed by atoms with Crippen LogP contribution in [-0.2, 0) is 0 Å². The molecule has 1 aliphatic rings. The average molecular weight is 327 g/mol. The van der Waals surface area contributed by atoms with Crippen LogP contribution in [0.5, 0.6) is 5.75 Å². The second kappa shape index (κ2) is 9.01. The van der Waals surface area contributed by atoms with E-state index in [4.69, 9.17) is 10.5 Å². The van der Waals surface area contributed by atoms with Gasteiger partial charge in [0.1, 0.15) is 5.75 Å². The average Bonchev–Trinajstić information content (AvgIpc) is 2.47.